The van der Waals surface area contributed by atoms with Gasteiger partial charge in [0, 0.05) is 17.6 Å². The highest BCUT2D eigenvalue weighted by Gasteiger charge is 2.25. The second-order valence-corrected chi connectivity index (χ2v) is 6.20. The molecule has 1 aromatic rings. The van der Waals surface area contributed by atoms with Crippen LogP contribution in [0, 0.1) is 5.92 Å². The van der Waals surface area contributed by atoms with Crippen molar-refractivity contribution in [1.29, 1.82) is 0 Å². The first kappa shape index (κ1) is 12.5. The summed E-state index contributed by atoms with van der Waals surface area (Å²) in [5.74, 6) is 0.825. The number of fused-ring (bicyclic) bond motifs is 1. The molecule has 1 heterocycles. The molecule has 1 aliphatic heterocycles. The van der Waals surface area contributed by atoms with E-state index < -0.39 is 0 Å². The van der Waals surface area contributed by atoms with Gasteiger partial charge < -0.3 is 10.2 Å². The third kappa shape index (κ3) is 2.56. The van der Waals surface area contributed by atoms with E-state index in [0.29, 0.717) is 6.04 Å². The molecule has 0 saturated carbocycles. The van der Waals surface area contributed by atoms with Crippen molar-refractivity contribution in [2.75, 3.05) is 26.7 Å². The first-order valence-corrected chi connectivity index (χ1v) is 7.30. The number of nitrogens with zero attached hydrogens (tertiary/aromatic N) is 1. The normalized spacial score (nSPS) is 27.7. The fourth-order valence-electron chi connectivity index (χ4n) is 3.30. The van der Waals surface area contributed by atoms with Crippen molar-refractivity contribution in [1.82, 2.24) is 10.2 Å². The number of benzene rings is 1. The Morgan fingerprint density at radius 3 is 3.06 bits per heavy atom. The number of hydrogen-bond acceptors (Lipinski definition) is 2. The number of hydrogen-bond donors (Lipinski definition) is 1. The van der Waals surface area contributed by atoms with Crippen LogP contribution < -0.4 is 5.32 Å². The summed E-state index contributed by atoms with van der Waals surface area (Å²) >= 11 is 6.04. The number of rotatable bonds is 3. The molecule has 0 aromatic heterocycles. The van der Waals surface area contributed by atoms with Gasteiger partial charge in [-0.2, -0.15) is 0 Å². The maximum Gasteiger partial charge on any atom is 0.0408 e. The molecule has 2 nitrogen and oxygen atoms in total. The van der Waals surface area contributed by atoms with Crippen molar-refractivity contribution < 1.29 is 0 Å². The first-order valence-electron chi connectivity index (χ1n) is 6.92. The summed E-state index contributed by atoms with van der Waals surface area (Å²) in [4.78, 5) is 2.43. The highest BCUT2D eigenvalue weighted by atomic mass is 35.5. The third-order valence-corrected chi connectivity index (χ3v) is 4.56. The van der Waals surface area contributed by atoms with E-state index >= 15 is 0 Å². The van der Waals surface area contributed by atoms with Crippen LogP contribution in [0.3, 0.4) is 0 Å². The monoisotopic (exact) mass is 264 g/mol. The molecule has 2 unspecified atom stereocenters. The lowest BCUT2D eigenvalue weighted by Gasteiger charge is -2.17. The molecule has 0 amide bonds. The van der Waals surface area contributed by atoms with Crippen LogP contribution in [0.15, 0.2) is 18.2 Å². The predicted molar refractivity (Wildman–Crippen MR) is 76.1 cm³/mol. The van der Waals surface area contributed by atoms with Gasteiger partial charge in [0.05, 0.1) is 0 Å². The molecule has 3 heteroatoms. The van der Waals surface area contributed by atoms with Crippen molar-refractivity contribution in [3.05, 3.63) is 34.3 Å². The second kappa shape index (κ2) is 5.20. The Balaban J connectivity index is 1.59. The molecular formula is C15H21ClN2. The van der Waals surface area contributed by atoms with E-state index in [1.54, 1.807) is 0 Å². The lowest BCUT2D eigenvalue weighted by molar-refractivity contribution is 0.378. The molecule has 2 atom stereocenters. The summed E-state index contributed by atoms with van der Waals surface area (Å²) in [6.07, 6.45) is 3.72. The fourth-order valence-corrected chi connectivity index (χ4v) is 3.49. The SMILES string of the molecule is CN1CCC(CNC2CCc3cc(Cl)ccc32)C1. The Labute approximate surface area is 114 Å². The van der Waals surface area contributed by atoms with E-state index in [4.69, 9.17) is 11.6 Å². The Kier molecular flexibility index (Phi) is 3.60. The zero-order chi connectivity index (χ0) is 12.5. The maximum absolute atomic E-state index is 6.04. The smallest absolute Gasteiger partial charge is 0.0408 e. The van der Waals surface area contributed by atoms with Crippen LogP contribution in [0.2, 0.25) is 5.02 Å². The number of likely N-dealkylation sites (tertiary alicyclic amines) is 1. The minimum absolute atomic E-state index is 0.545. The summed E-state index contributed by atoms with van der Waals surface area (Å²) in [6.45, 7) is 3.65. The highest BCUT2D eigenvalue weighted by Crippen LogP contribution is 2.33. The minimum atomic E-state index is 0.545. The standard InChI is InChI=1S/C15H21ClN2/c1-18-7-6-11(10-18)9-17-15-5-2-12-8-13(16)3-4-14(12)15/h3-4,8,11,15,17H,2,5-7,9-10H2,1H3. The molecule has 1 fully saturated rings. The quantitative estimate of drug-likeness (QED) is 0.903. The Hall–Kier alpha value is -0.570. The zero-order valence-corrected chi connectivity index (χ0v) is 11.7. The Bertz CT molecular complexity index is 433. The van der Waals surface area contributed by atoms with Gasteiger partial charge in [0.15, 0.2) is 0 Å². The molecule has 0 spiro atoms. The Morgan fingerprint density at radius 1 is 1.39 bits per heavy atom. The van der Waals surface area contributed by atoms with Crippen molar-refractivity contribution in [2.24, 2.45) is 5.92 Å². The van der Waals surface area contributed by atoms with Gasteiger partial charge in [0.25, 0.3) is 0 Å². The summed E-state index contributed by atoms with van der Waals surface area (Å²) < 4.78 is 0. The van der Waals surface area contributed by atoms with Crippen LogP contribution in [0.25, 0.3) is 0 Å². The van der Waals surface area contributed by atoms with Crippen LogP contribution in [0.4, 0.5) is 0 Å². The number of nitrogens with one attached hydrogen (secondary N) is 1. The molecule has 2 aliphatic rings. The van der Waals surface area contributed by atoms with E-state index in [1.807, 2.05) is 6.07 Å². The highest BCUT2D eigenvalue weighted by molar-refractivity contribution is 6.30. The van der Waals surface area contributed by atoms with Crippen LogP contribution in [0.5, 0.6) is 0 Å². The Morgan fingerprint density at radius 2 is 2.28 bits per heavy atom. The minimum Gasteiger partial charge on any atom is -0.310 e. The van der Waals surface area contributed by atoms with Gasteiger partial charge in [0.1, 0.15) is 0 Å². The summed E-state index contributed by atoms with van der Waals surface area (Å²) in [6, 6.07) is 6.89. The average molecular weight is 265 g/mol. The van der Waals surface area contributed by atoms with Crippen LogP contribution >= 0.6 is 11.6 Å². The van der Waals surface area contributed by atoms with Gasteiger partial charge in [-0.15, -0.1) is 0 Å². The van der Waals surface area contributed by atoms with Crippen LogP contribution in [0.1, 0.15) is 30.0 Å². The topological polar surface area (TPSA) is 15.3 Å². The molecule has 1 aromatic carbocycles. The van der Waals surface area contributed by atoms with E-state index in [9.17, 15) is 0 Å². The van der Waals surface area contributed by atoms with E-state index in [2.05, 4.69) is 29.4 Å². The lowest BCUT2D eigenvalue weighted by Crippen LogP contribution is -2.27. The molecule has 1 saturated heterocycles. The summed E-state index contributed by atoms with van der Waals surface area (Å²) in [5.41, 5.74) is 2.90. The van der Waals surface area contributed by atoms with Crippen molar-refractivity contribution in [2.45, 2.75) is 25.3 Å². The first-order chi connectivity index (χ1) is 8.72. The summed E-state index contributed by atoms with van der Waals surface area (Å²) in [7, 11) is 2.22. The maximum atomic E-state index is 6.04. The lowest BCUT2D eigenvalue weighted by atomic mass is 10.1. The summed E-state index contributed by atoms with van der Waals surface area (Å²) in [5, 5.41) is 4.62. The molecule has 0 bridgehead atoms. The number of halogens is 1. The molecule has 98 valence electrons. The van der Waals surface area contributed by atoms with E-state index in [0.717, 1.165) is 23.9 Å². The third-order valence-electron chi connectivity index (χ3n) is 4.32. The van der Waals surface area contributed by atoms with Gasteiger partial charge in [-0.25, -0.2) is 0 Å². The second-order valence-electron chi connectivity index (χ2n) is 5.76. The van der Waals surface area contributed by atoms with E-state index in [-0.39, 0.29) is 0 Å². The van der Waals surface area contributed by atoms with Gasteiger partial charge in [-0.1, -0.05) is 17.7 Å². The van der Waals surface area contributed by atoms with Crippen LogP contribution in [-0.2, 0) is 6.42 Å². The predicted octanol–water partition coefficient (Wildman–Crippen LogP) is 2.87. The molecule has 18 heavy (non-hydrogen) atoms. The van der Waals surface area contributed by atoms with Gasteiger partial charge >= 0.3 is 0 Å². The largest absolute Gasteiger partial charge is 0.310 e. The van der Waals surface area contributed by atoms with Crippen molar-refractivity contribution >= 4 is 11.6 Å². The molecular weight excluding hydrogens is 244 g/mol. The average Bonchev–Trinajstić information content (AvgIpc) is 2.92. The van der Waals surface area contributed by atoms with Gasteiger partial charge in [0.2, 0.25) is 0 Å². The van der Waals surface area contributed by atoms with Crippen molar-refractivity contribution in [3.63, 3.8) is 0 Å². The van der Waals surface area contributed by atoms with E-state index in [1.165, 1.54) is 37.1 Å². The van der Waals surface area contributed by atoms with Crippen LogP contribution in [-0.4, -0.2) is 31.6 Å². The molecule has 0 radical (unpaired) electrons. The molecule has 1 aliphatic carbocycles. The molecule has 1 N–H and O–H groups in total. The van der Waals surface area contributed by atoms with Gasteiger partial charge in [-0.3, -0.25) is 0 Å². The van der Waals surface area contributed by atoms with Gasteiger partial charge in [-0.05, 0) is 68.6 Å². The zero-order valence-electron chi connectivity index (χ0n) is 11.0. The van der Waals surface area contributed by atoms with Crippen molar-refractivity contribution in [3.8, 4) is 0 Å². The number of aryl methyl sites for hydroxylation is 1. The molecule has 3 rings (SSSR count). The fraction of sp³-hybridized carbons (Fsp3) is 0.600.